The number of aromatic amines is 1. The normalized spacial score (nSPS) is 12.5. The Morgan fingerprint density at radius 1 is 1.13 bits per heavy atom. The van der Waals surface area contributed by atoms with Gasteiger partial charge in [0.25, 0.3) is 5.56 Å². The smallest absolute Gasteiger partial charge is 0.255 e. The first-order chi connectivity index (χ1) is 18.8. The number of aldehydes is 1. The van der Waals surface area contributed by atoms with Crippen molar-refractivity contribution in [1.82, 2.24) is 9.88 Å². The maximum absolute atomic E-state index is 14.0. The molecular formula is C30H30N4O5. The number of carbonyl (C=O) groups is 2. The molecule has 3 N–H and O–H groups in total. The molecule has 1 aromatic heterocycles. The number of hydrogen-bond donors (Lipinski definition) is 3. The molecule has 1 heterocycles. The largest absolute Gasteiger partial charge is 0.396 e. The summed E-state index contributed by atoms with van der Waals surface area (Å²) in [7, 11) is 0. The molecule has 0 bridgehead atoms. The maximum atomic E-state index is 14.0. The van der Waals surface area contributed by atoms with Gasteiger partial charge in [0.1, 0.15) is 18.0 Å². The lowest BCUT2D eigenvalue weighted by molar-refractivity contribution is -0.134. The van der Waals surface area contributed by atoms with E-state index >= 15 is 0 Å². The second-order valence-corrected chi connectivity index (χ2v) is 9.53. The van der Waals surface area contributed by atoms with E-state index in [-0.39, 0.29) is 42.8 Å². The number of fused-ring (bicyclic) bond motifs is 1. The van der Waals surface area contributed by atoms with Gasteiger partial charge in [-0.3, -0.25) is 9.59 Å². The molecule has 9 heteroatoms. The number of aromatic nitrogens is 1. The van der Waals surface area contributed by atoms with Crippen LogP contribution in [0.3, 0.4) is 0 Å². The lowest BCUT2D eigenvalue weighted by Crippen LogP contribution is -2.38. The summed E-state index contributed by atoms with van der Waals surface area (Å²) in [4.78, 5) is 53.1. The Bertz CT molecular complexity index is 1560. The molecule has 200 valence electrons. The number of aliphatic hydroxyl groups excluding tert-OH is 1. The first-order valence-corrected chi connectivity index (χ1v) is 12.6. The monoisotopic (exact) mass is 526 g/mol. The highest BCUT2D eigenvalue weighted by atomic mass is 16.3. The average molecular weight is 527 g/mol. The Hall–Kier alpha value is -4.63. The summed E-state index contributed by atoms with van der Waals surface area (Å²) in [6, 6.07) is 18.3. The number of nitrogens with one attached hydrogen (secondary N) is 2. The van der Waals surface area contributed by atoms with Crippen LogP contribution in [0.5, 0.6) is 0 Å². The molecule has 0 saturated heterocycles. The van der Waals surface area contributed by atoms with Crippen LogP contribution in [0.15, 0.2) is 82.9 Å². The third-order valence-electron chi connectivity index (χ3n) is 6.76. The fraction of sp³-hybridized carbons (Fsp3) is 0.233. The number of aryl methyl sites for hydroxylation is 1. The van der Waals surface area contributed by atoms with Crippen LogP contribution >= 0.6 is 0 Å². The third kappa shape index (κ3) is 6.27. The molecule has 0 aliphatic heterocycles. The minimum absolute atomic E-state index is 0.00570. The number of nitrogens with zero attached hydrogens (tertiary/aromatic N) is 2. The molecule has 4 aromatic rings. The maximum Gasteiger partial charge on any atom is 0.255 e. The second kappa shape index (κ2) is 12.3. The molecule has 1 unspecified atom stereocenters. The van der Waals surface area contributed by atoms with Gasteiger partial charge in [0.05, 0.1) is 6.54 Å². The minimum atomic E-state index is -0.894. The molecule has 0 aliphatic rings. The van der Waals surface area contributed by atoms with E-state index in [0.717, 1.165) is 16.5 Å². The van der Waals surface area contributed by atoms with Gasteiger partial charge >= 0.3 is 0 Å². The summed E-state index contributed by atoms with van der Waals surface area (Å²) in [5.41, 5.74) is 3.73. The Labute approximate surface area is 225 Å². The number of hydrogen-bond acceptors (Lipinski definition) is 7. The first kappa shape index (κ1) is 27.4. The van der Waals surface area contributed by atoms with E-state index in [0.29, 0.717) is 28.5 Å². The quantitative estimate of drug-likeness (QED) is 0.192. The van der Waals surface area contributed by atoms with Gasteiger partial charge in [0.15, 0.2) is 0 Å². The number of nitroso groups, excluding NO2 is 1. The average Bonchev–Trinajstić information content (AvgIpc) is 2.95. The van der Waals surface area contributed by atoms with Crippen LogP contribution in [-0.4, -0.2) is 40.3 Å². The Balaban J connectivity index is 1.75. The van der Waals surface area contributed by atoms with Gasteiger partial charge in [-0.15, -0.1) is 4.91 Å². The predicted molar refractivity (Wildman–Crippen MR) is 151 cm³/mol. The van der Waals surface area contributed by atoms with Gasteiger partial charge in [0, 0.05) is 36.3 Å². The van der Waals surface area contributed by atoms with E-state index in [1.807, 2.05) is 32.0 Å². The van der Waals surface area contributed by atoms with E-state index in [4.69, 9.17) is 0 Å². The topological polar surface area (TPSA) is 132 Å². The lowest BCUT2D eigenvalue weighted by atomic mass is 9.93. The molecule has 39 heavy (non-hydrogen) atoms. The van der Waals surface area contributed by atoms with Crippen molar-refractivity contribution < 1.29 is 14.7 Å². The highest BCUT2D eigenvalue weighted by Gasteiger charge is 2.27. The van der Waals surface area contributed by atoms with E-state index in [2.05, 4.69) is 15.5 Å². The van der Waals surface area contributed by atoms with Gasteiger partial charge in [-0.25, -0.2) is 0 Å². The van der Waals surface area contributed by atoms with E-state index < -0.39 is 6.04 Å². The number of amides is 1. The van der Waals surface area contributed by atoms with Gasteiger partial charge < -0.3 is 25.1 Å². The summed E-state index contributed by atoms with van der Waals surface area (Å²) >= 11 is 0. The van der Waals surface area contributed by atoms with E-state index in [1.54, 1.807) is 54.7 Å². The van der Waals surface area contributed by atoms with Gasteiger partial charge in [-0.05, 0) is 70.1 Å². The second-order valence-electron chi connectivity index (χ2n) is 9.53. The summed E-state index contributed by atoms with van der Waals surface area (Å²) in [6.45, 7) is 3.77. The highest BCUT2D eigenvalue weighted by molar-refractivity contribution is 5.89. The number of carbonyl (C=O) groups excluding carboxylic acids is 2. The third-order valence-corrected chi connectivity index (χ3v) is 6.76. The van der Waals surface area contributed by atoms with Crippen LogP contribution in [0.1, 0.15) is 41.1 Å². The van der Waals surface area contributed by atoms with Crippen molar-refractivity contribution in [3.8, 4) is 0 Å². The zero-order valence-corrected chi connectivity index (χ0v) is 21.8. The van der Waals surface area contributed by atoms with Gasteiger partial charge in [0.2, 0.25) is 5.91 Å². The molecule has 9 nitrogen and oxygen atoms in total. The Morgan fingerprint density at radius 3 is 2.67 bits per heavy atom. The molecule has 0 aliphatic carbocycles. The van der Waals surface area contributed by atoms with Crippen LogP contribution < -0.4 is 10.9 Å². The molecular weight excluding hydrogens is 496 g/mol. The van der Waals surface area contributed by atoms with Crippen molar-refractivity contribution in [1.29, 1.82) is 0 Å². The minimum Gasteiger partial charge on any atom is -0.396 e. The van der Waals surface area contributed by atoms with Gasteiger partial charge in [-0.2, -0.15) is 0 Å². The lowest BCUT2D eigenvalue weighted by Gasteiger charge is -2.28. The van der Waals surface area contributed by atoms with Crippen LogP contribution in [0.2, 0.25) is 0 Å². The summed E-state index contributed by atoms with van der Waals surface area (Å²) in [5.74, 6) is -0.436. The SMILES string of the molecule is Cc1cc(C(Nc2ccc3cc[nH]c(=O)c3c2)C(=O)N(CC=O)Cc2cccc(N=O)c2)ccc1[C@@H](C)CO. The molecule has 3 aromatic carbocycles. The molecule has 0 saturated carbocycles. The fourth-order valence-electron chi connectivity index (χ4n) is 4.69. The van der Waals surface area contributed by atoms with E-state index in [1.165, 1.54) is 4.90 Å². The Kier molecular flexibility index (Phi) is 8.63. The van der Waals surface area contributed by atoms with Crippen molar-refractivity contribution >= 4 is 34.3 Å². The van der Waals surface area contributed by atoms with Crippen LogP contribution in [0.4, 0.5) is 11.4 Å². The van der Waals surface area contributed by atoms with Crippen LogP contribution in [-0.2, 0) is 16.1 Å². The van der Waals surface area contributed by atoms with Crippen molar-refractivity contribution in [2.45, 2.75) is 32.4 Å². The fourth-order valence-corrected chi connectivity index (χ4v) is 4.69. The molecule has 0 radical (unpaired) electrons. The number of aliphatic hydroxyl groups is 1. The number of rotatable bonds is 11. The summed E-state index contributed by atoms with van der Waals surface area (Å²) < 4.78 is 0. The van der Waals surface area contributed by atoms with E-state index in [9.17, 15) is 24.4 Å². The van der Waals surface area contributed by atoms with Gasteiger partial charge in [-0.1, -0.05) is 43.3 Å². The zero-order chi connectivity index (χ0) is 27.9. The standard InChI is InChI=1S/C30H30N4O5/c1-19-14-23(7-9-26(19)20(2)18-36)28(32-24-8-6-22-10-11-31-29(37)27(22)16-24)30(38)34(12-13-35)17-21-4-3-5-25(15-21)33-39/h3-11,13-16,20,28,32,36H,12,17-18H2,1-2H3,(H,31,37)/t20-,28?/m0/s1. The number of H-pyrrole nitrogens is 1. The van der Waals surface area contributed by atoms with Crippen molar-refractivity contribution in [3.63, 3.8) is 0 Å². The molecule has 0 spiro atoms. The Morgan fingerprint density at radius 2 is 1.95 bits per heavy atom. The molecule has 1 amide bonds. The molecule has 2 atom stereocenters. The van der Waals surface area contributed by atoms with Crippen LogP contribution in [0, 0.1) is 11.8 Å². The van der Waals surface area contributed by atoms with Crippen LogP contribution in [0.25, 0.3) is 10.8 Å². The number of benzene rings is 3. The predicted octanol–water partition coefficient (Wildman–Crippen LogP) is 4.71. The molecule has 0 fully saturated rings. The van der Waals surface area contributed by atoms with Crippen molar-refractivity contribution in [3.05, 3.63) is 110 Å². The zero-order valence-electron chi connectivity index (χ0n) is 21.8. The number of pyridine rings is 1. The number of anilines is 1. The highest BCUT2D eigenvalue weighted by Crippen LogP contribution is 2.28. The summed E-state index contributed by atoms with van der Waals surface area (Å²) in [5, 5.41) is 17.1. The summed E-state index contributed by atoms with van der Waals surface area (Å²) in [6.07, 6.45) is 2.23. The van der Waals surface area contributed by atoms with Crippen molar-refractivity contribution in [2.75, 3.05) is 18.5 Å². The first-order valence-electron chi connectivity index (χ1n) is 12.6. The van der Waals surface area contributed by atoms with Crippen molar-refractivity contribution in [2.24, 2.45) is 5.18 Å². The molecule has 4 rings (SSSR count).